The Balaban J connectivity index is 1.34. The third kappa shape index (κ3) is 2.82. The van der Waals surface area contributed by atoms with Crippen LogP contribution in [-0.4, -0.2) is 54.1 Å². The second kappa shape index (κ2) is 6.66. The van der Waals surface area contributed by atoms with Crippen molar-refractivity contribution in [3.05, 3.63) is 59.7 Å². The molecule has 5 rings (SSSR count). The van der Waals surface area contributed by atoms with Crippen LogP contribution in [0.15, 0.2) is 48.5 Å². The molecule has 2 aliphatic carbocycles. The third-order valence-electron chi connectivity index (χ3n) is 6.08. The SMILES string of the molecule is O=C(OCC1c2ccccc2-c2ccccc21)N1CCO[C@H]2C[C@@H](O)C[C@H]21. The van der Waals surface area contributed by atoms with Crippen molar-refractivity contribution in [2.24, 2.45) is 0 Å². The first-order chi connectivity index (χ1) is 13.2. The van der Waals surface area contributed by atoms with Crippen molar-refractivity contribution in [1.82, 2.24) is 4.90 Å². The Morgan fingerprint density at radius 3 is 2.44 bits per heavy atom. The van der Waals surface area contributed by atoms with Crippen molar-refractivity contribution in [3.8, 4) is 11.1 Å². The number of aliphatic hydroxyl groups excluding tert-OH is 1. The summed E-state index contributed by atoms with van der Waals surface area (Å²) in [4.78, 5) is 14.5. The number of benzene rings is 2. The Bertz CT molecular complexity index is 821. The van der Waals surface area contributed by atoms with E-state index in [0.29, 0.717) is 32.6 Å². The second-order valence-electron chi connectivity index (χ2n) is 7.60. The normalized spacial score (nSPS) is 26.4. The van der Waals surface area contributed by atoms with Crippen LogP contribution in [-0.2, 0) is 9.47 Å². The van der Waals surface area contributed by atoms with E-state index in [0.717, 1.165) is 0 Å². The molecule has 1 amide bonds. The standard InChI is InChI=1S/C22H23NO4/c24-14-11-20-21(12-14)26-10-9-23(20)22(25)27-13-19-17-7-3-1-5-15(17)16-6-2-4-8-18(16)19/h1-8,14,19-21,24H,9-13H2/t14-,20+,21-/m0/s1. The third-order valence-corrected chi connectivity index (χ3v) is 6.08. The average Bonchev–Trinajstić information content (AvgIpc) is 3.23. The summed E-state index contributed by atoms with van der Waals surface area (Å²) in [6.07, 6.45) is 0.382. The van der Waals surface area contributed by atoms with Gasteiger partial charge in [0, 0.05) is 18.9 Å². The summed E-state index contributed by atoms with van der Waals surface area (Å²) >= 11 is 0. The summed E-state index contributed by atoms with van der Waals surface area (Å²) in [7, 11) is 0. The van der Waals surface area contributed by atoms with Gasteiger partial charge in [-0.3, -0.25) is 0 Å². The van der Waals surface area contributed by atoms with Gasteiger partial charge in [0.1, 0.15) is 6.61 Å². The predicted molar refractivity (Wildman–Crippen MR) is 101 cm³/mol. The maximum absolute atomic E-state index is 12.8. The maximum atomic E-state index is 12.8. The number of amides is 1. The zero-order valence-corrected chi connectivity index (χ0v) is 15.1. The lowest BCUT2D eigenvalue weighted by Crippen LogP contribution is -2.51. The van der Waals surface area contributed by atoms with E-state index in [1.54, 1.807) is 4.90 Å². The minimum atomic E-state index is -0.401. The number of nitrogens with zero attached hydrogens (tertiary/aromatic N) is 1. The van der Waals surface area contributed by atoms with E-state index in [1.165, 1.54) is 22.3 Å². The van der Waals surface area contributed by atoms with E-state index in [1.807, 2.05) is 24.3 Å². The summed E-state index contributed by atoms with van der Waals surface area (Å²) in [6.45, 7) is 1.34. The first-order valence-electron chi connectivity index (χ1n) is 9.63. The van der Waals surface area contributed by atoms with Crippen molar-refractivity contribution in [1.29, 1.82) is 0 Å². The topological polar surface area (TPSA) is 59.0 Å². The first kappa shape index (κ1) is 16.8. The number of morpholine rings is 1. The molecule has 1 saturated carbocycles. The fourth-order valence-electron chi connectivity index (χ4n) is 4.83. The molecule has 0 aromatic heterocycles. The predicted octanol–water partition coefficient (Wildman–Crippen LogP) is 3.16. The highest BCUT2D eigenvalue weighted by atomic mass is 16.6. The fourth-order valence-corrected chi connectivity index (χ4v) is 4.83. The Morgan fingerprint density at radius 2 is 1.74 bits per heavy atom. The first-order valence-corrected chi connectivity index (χ1v) is 9.63. The van der Waals surface area contributed by atoms with Gasteiger partial charge >= 0.3 is 6.09 Å². The molecule has 1 saturated heterocycles. The molecule has 2 fully saturated rings. The summed E-state index contributed by atoms with van der Waals surface area (Å²) in [6, 6.07) is 16.6. The van der Waals surface area contributed by atoms with Gasteiger partial charge in [0.15, 0.2) is 0 Å². The van der Waals surface area contributed by atoms with Crippen LogP contribution >= 0.6 is 0 Å². The molecule has 2 aromatic rings. The minimum absolute atomic E-state index is 0.0624. The van der Waals surface area contributed by atoms with Crippen LogP contribution in [0.5, 0.6) is 0 Å². The molecular weight excluding hydrogens is 342 g/mol. The van der Waals surface area contributed by atoms with Crippen LogP contribution in [0.2, 0.25) is 0 Å². The molecule has 0 spiro atoms. The number of aliphatic hydroxyl groups is 1. The number of hydrogen-bond acceptors (Lipinski definition) is 4. The highest BCUT2D eigenvalue weighted by Crippen LogP contribution is 2.44. The van der Waals surface area contributed by atoms with E-state index in [9.17, 15) is 9.90 Å². The Kier molecular flexibility index (Phi) is 4.14. The van der Waals surface area contributed by atoms with Crippen molar-refractivity contribution < 1.29 is 19.4 Å². The van der Waals surface area contributed by atoms with Gasteiger partial charge in [-0.1, -0.05) is 48.5 Å². The van der Waals surface area contributed by atoms with Crippen molar-refractivity contribution >= 4 is 6.09 Å². The number of carbonyl (C=O) groups excluding carboxylic acids is 1. The van der Waals surface area contributed by atoms with Crippen LogP contribution in [0.1, 0.15) is 29.9 Å². The fraction of sp³-hybridized carbons (Fsp3) is 0.409. The Hall–Kier alpha value is -2.37. The lowest BCUT2D eigenvalue weighted by molar-refractivity contribution is -0.0518. The Morgan fingerprint density at radius 1 is 1.07 bits per heavy atom. The zero-order chi connectivity index (χ0) is 18.4. The molecule has 0 bridgehead atoms. The summed E-state index contributed by atoms with van der Waals surface area (Å²) in [5.74, 6) is 0.0624. The lowest BCUT2D eigenvalue weighted by Gasteiger charge is -2.36. The summed E-state index contributed by atoms with van der Waals surface area (Å²) in [5.41, 5.74) is 4.87. The number of hydrogen-bond donors (Lipinski definition) is 1. The highest BCUT2D eigenvalue weighted by Gasteiger charge is 2.43. The molecular formula is C22H23NO4. The zero-order valence-electron chi connectivity index (χ0n) is 15.1. The van der Waals surface area contributed by atoms with E-state index in [4.69, 9.17) is 9.47 Å². The number of ether oxygens (including phenoxy) is 2. The number of fused-ring (bicyclic) bond motifs is 4. The number of rotatable bonds is 2. The molecule has 1 N–H and O–H groups in total. The largest absolute Gasteiger partial charge is 0.448 e. The molecule has 5 heteroatoms. The quantitative estimate of drug-likeness (QED) is 0.888. The van der Waals surface area contributed by atoms with Gasteiger partial charge in [-0.2, -0.15) is 0 Å². The van der Waals surface area contributed by atoms with Crippen LogP contribution in [0.25, 0.3) is 11.1 Å². The van der Waals surface area contributed by atoms with Gasteiger partial charge in [0.05, 0.1) is 24.9 Å². The molecule has 0 radical (unpaired) electrons. The van der Waals surface area contributed by atoms with Crippen molar-refractivity contribution in [2.45, 2.75) is 37.0 Å². The molecule has 1 aliphatic heterocycles. The van der Waals surface area contributed by atoms with Gasteiger partial charge < -0.3 is 19.5 Å². The summed E-state index contributed by atoms with van der Waals surface area (Å²) in [5, 5.41) is 9.92. The molecule has 0 unspecified atom stereocenters. The van der Waals surface area contributed by atoms with Crippen LogP contribution < -0.4 is 0 Å². The van der Waals surface area contributed by atoms with E-state index >= 15 is 0 Å². The minimum Gasteiger partial charge on any atom is -0.448 e. The van der Waals surface area contributed by atoms with E-state index in [-0.39, 0.29) is 24.2 Å². The van der Waals surface area contributed by atoms with Gasteiger partial charge in [-0.05, 0) is 28.7 Å². The molecule has 3 atom stereocenters. The van der Waals surface area contributed by atoms with Crippen LogP contribution in [0.3, 0.4) is 0 Å². The van der Waals surface area contributed by atoms with Crippen molar-refractivity contribution in [3.63, 3.8) is 0 Å². The van der Waals surface area contributed by atoms with Gasteiger partial charge in [-0.15, -0.1) is 0 Å². The van der Waals surface area contributed by atoms with E-state index in [2.05, 4.69) is 24.3 Å². The highest BCUT2D eigenvalue weighted by molar-refractivity contribution is 5.79. The molecule has 5 nitrogen and oxygen atoms in total. The van der Waals surface area contributed by atoms with E-state index < -0.39 is 6.10 Å². The molecule has 1 heterocycles. The van der Waals surface area contributed by atoms with Gasteiger partial charge in [0.25, 0.3) is 0 Å². The molecule has 140 valence electrons. The number of carbonyl (C=O) groups is 1. The maximum Gasteiger partial charge on any atom is 0.410 e. The monoisotopic (exact) mass is 365 g/mol. The summed E-state index contributed by atoms with van der Waals surface area (Å²) < 4.78 is 11.5. The lowest BCUT2D eigenvalue weighted by atomic mass is 9.98. The average molecular weight is 365 g/mol. The molecule has 3 aliphatic rings. The van der Waals surface area contributed by atoms with Gasteiger partial charge in [0.2, 0.25) is 0 Å². The van der Waals surface area contributed by atoms with Gasteiger partial charge in [-0.25, -0.2) is 4.79 Å². The smallest absolute Gasteiger partial charge is 0.410 e. The van der Waals surface area contributed by atoms with Crippen LogP contribution in [0, 0.1) is 0 Å². The Labute approximate surface area is 158 Å². The van der Waals surface area contributed by atoms with Crippen molar-refractivity contribution in [2.75, 3.05) is 19.8 Å². The molecule has 2 aromatic carbocycles. The molecule has 27 heavy (non-hydrogen) atoms. The van der Waals surface area contributed by atoms with Crippen LogP contribution in [0.4, 0.5) is 4.79 Å². The second-order valence-corrected chi connectivity index (χ2v) is 7.60.